The summed E-state index contributed by atoms with van der Waals surface area (Å²) >= 11 is 3.01. The molecule has 1 heterocycles. The maximum absolute atomic E-state index is 10.7. The van der Waals surface area contributed by atoms with Gasteiger partial charge in [-0.05, 0) is 15.9 Å². The van der Waals surface area contributed by atoms with Crippen LogP contribution in [0.4, 0.5) is 0 Å². The molecule has 0 unspecified atom stereocenters. The van der Waals surface area contributed by atoms with Gasteiger partial charge in [0.2, 0.25) is 0 Å². The number of rotatable bonds is 1. The molecule has 1 aromatic rings. The molecule has 54 valence electrons. The lowest BCUT2D eigenvalue weighted by atomic mass is 10.3. The first-order valence-corrected chi connectivity index (χ1v) is 3.22. The van der Waals surface area contributed by atoms with E-state index < -0.39 is 0 Å². The van der Waals surface area contributed by atoms with E-state index in [2.05, 4.69) is 26.1 Å². The number of hydrogen-bond donors (Lipinski definition) is 4. The van der Waals surface area contributed by atoms with E-state index in [1.807, 2.05) is 0 Å². The Hall–Kier alpha value is -1.04. The number of aromatic nitrogens is 2. The summed E-state index contributed by atoms with van der Waals surface area (Å²) in [5, 5.41) is 11.7. The van der Waals surface area contributed by atoms with E-state index in [1.165, 1.54) is 0 Å². The lowest BCUT2D eigenvalue weighted by Gasteiger charge is -1.87. The molecule has 0 saturated carbocycles. The van der Waals surface area contributed by atoms with E-state index >= 15 is 0 Å². The second-order valence-electron chi connectivity index (χ2n) is 1.68. The van der Waals surface area contributed by atoms with Crippen LogP contribution in [0.2, 0.25) is 0 Å². The van der Waals surface area contributed by atoms with Crippen LogP contribution in [-0.2, 0) is 0 Å². The molecule has 0 spiro atoms. The van der Waals surface area contributed by atoms with Crippen LogP contribution in [0.15, 0.2) is 9.40 Å². The van der Waals surface area contributed by atoms with Gasteiger partial charge in [-0.2, -0.15) is 0 Å². The quantitative estimate of drug-likeness (QED) is 0.375. The molecule has 0 aliphatic rings. The number of H-pyrrole nitrogens is 2. The van der Waals surface area contributed by atoms with Crippen molar-refractivity contribution in [2.24, 2.45) is 5.73 Å². The van der Waals surface area contributed by atoms with Crippen LogP contribution in [0.1, 0.15) is 5.56 Å². The number of aromatic amines is 2. The van der Waals surface area contributed by atoms with Crippen molar-refractivity contribution >= 4 is 21.8 Å². The van der Waals surface area contributed by atoms with Gasteiger partial charge in [-0.15, -0.1) is 0 Å². The Labute approximate surface area is 64.2 Å². The van der Waals surface area contributed by atoms with E-state index in [0.717, 1.165) is 0 Å². The molecule has 0 aliphatic heterocycles. The van der Waals surface area contributed by atoms with Gasteiger partial charge in [-0.3, -0.25) is 20.4 Å². The zero-order valence-corrected chi connectivity index (χ0v) is 6.45. The summed E-state index contributed by atoms with van der Waals surface area (Å²) in [4.78, 5) is 10.7. The Bertz CT molecular complexity index is 311. The largest absolute Gasteiger partial charge is 0.383 e. The molecule has 0 fully saturated rings. The summed E-state index contributed by atoms with van der Waals surface area (Å²) in [6.07, 6.45) is 0. The third kappa shape index (κ3) is 0.971. The summed E-state index contributed by atoms with van der Waals surface area (Å²) in [7, 11) is 0. The van der Waals surface area contributed by atoms with Gasteiger partial charge in [0, 0.05) is 0 Å². The summed E-state index contributed by atoms with van der Waals surface area (Å²) in [5.74, 6) is -0.255. The van der Waals surface area contributed by atoms with Gasteiger partial charge >= 0.3 is 0 Å². The van der Waals surface area contributed by atoms with Gasteiger partial charge in [0.25, 0.3) is 5.56 Å². The molecule has 0 aromatic carbocycles. The van der Waals surface area contributed by atoms with E-state index in [9.17, 15) is 4.79 Å². The highest BCUT2D eigenvalue weighted by atomic mass is 79.9. The first kappa shape index (κ1) is 7.07. The van der Waals surface area contributed by atoms with Gasteiger partial charge in [-0.1, -0.05) is 0 Å². The maximum atomic E-state index is 10.7. The molecule has 0 bridgehead atoms. The summed E-state index contributed by atoms with van der Waals surface area (Å²) < 4.78 is 0.407. The monoisotopic (exact) mass is 204 g/mol. The highest BCUT2D eigenvalue weighted by molar-refractivity contribution is 9.10. The molecule has 0 radical (unpaired) electrons. The SMILES string of the molecule is N=C(N)c1c(Br)[nH][nH]c1=O. The maximum Gasteiger partial charge on any atom is 0.276 e. The molecular weight excluding hydrogens is 200 g/mol. The lowest BCUT2D eigenvalue weighted by molar-refractivity contribution is 1.04. The molecule has 6 heteroatoms. The zero-order chi connectivity index (χ0) is 7.72. The lowest BCUT2D eigenvalue weighted by Crippen LogP contribution is -2.19. The van der Waals surface area contributed by atoms with E-state index in [-0.39, 0.29) is 17.0 Å². The zero-order valence-electron chi connectivity index (χ0n) is 4.86. The molecule has 0 aliphatic carbocycles. The normalized spacial score (nSPS) is 9.70. The van der Waals surface area contributed by atoms with Crippen LogP contribution in [-0.4, -0.2) is 16.0 Å². The van der Waals surface area contributed by atoms with Crippen LogP contribution in [0.25, 0.3) is 0 Å². The predicted octanol–water partition coefficient (Wildman–Crippen LogP) is -0.250. The second-order valence-corrected chi connectivity index (χ2v) is 2.47. The van der Waals surface area contributed by atoms with Gasteiger partial charge < -0.3 is 5.73 Å². The molecule has 0 saturated heterocycles. The molecule has 10 heavy (non-hydrogen) atoms. The molecule has 5 N–H and O–H groups in total. The highest BCUT2D eigenvalue weighted by Gasteiger charge is 2.08. The van der Waals surface area contributed by atoms with Crippen LogP contribution < -0.4 is 11.3 Å². The fraction of sp³-hybridized carbons (Fsp3) is 0. The third-order valence-electron chi connectivity index (χ3n) is 1.00. The summed E-state index contributed by atoms with van der Waals surface area (Å²) in [6.45, 7) is 0. The molecule has 0 amide bonds. The number of amidine groups is 1. The number of nitrogen functional groups attached to an aromatic ring is 1. The van der Waals surface area contributed by atoms with Gasteiger partial charge in [0.1, 0.15) is 16.0 Å². The number of nitrogens with one attached hydrogen (secondary N) is 3. The Balaban J connectivity index is 3.37. The first-order valence-electron chi connectivity index (χ1n) is 2.43. The average molecular weight is 205 g/mol. The number of hydrogen-bond acceptors (Lipinski definition) is 2. The highest BCUT2D eigenvalue weighted by Crippen LogP contribution is 2.05. The Morgan fingerprint density at radius 3 is 2.40 bits per heavy atom. The van der Waals surface area contributed by atoms with Crippen LogP contribution in [0.3, 0.4) is 0 Å². The van der Waals surface area contributed by atoms with Crippen LogP contribution in [0.5, 0.6) is 0 Å². The van der Waals surface area contributed by atoms with Crippen molar-refractivity contribution in [1.82, 2.24) is 10.2 Å². The number of nitrogens with two attached hydrogens (primary N) is 1. The van der Waals surface area contributed by atoms with Crippen molar-refractivity contribution < 1.29 is 0 Å². The summed E-state index contributed by atoms with van der Waals surface area (Å²) in [5.41, 5.74) is 4.82. The van der Waals surface area contributed by atoms with E-state index in [4.69, 9.17) is 11.1 Å². The minimum absolute atomic E-state index is 0.139. The second kappa shape index (κ2) is 2.30. The standard InChI is InChI=1S/C4H5BrN4O/c5-2-1(3(6)7)4(10)9-8-2/h(H3,6,7)(H2,8,9,10). The molecule has 5 nitrogen and oxygen atoms in total. The minimum atomic E-state index is -0.389. The molecule has 1 rings (SSSR count). The van der Waals surface area contributed by atoms with Crippen LogP contribution >= 0.6 is 15.9 Å². The molecule has 0 atom stereocenters. The fourth-order valence-corrected chi connectivity index (χ4v) is 1.07. The van der Waals surface area contributed by atoms with Crippen molar-refractivity contribution in [3.8, 4) is 0 Å². The van der Waals surface area contributed by atoms with Crippen molar-refractivity contribution in [2.75, 3.05) is 0 Å². The van der Waals surface area contributed by atoms with Crippen LogP contribution in [0, 0.1) is 5.41 Å². The van der Waals surface area contributed by atoms with E-state index in [0.29, 0.717) is 4.60 Å². The Morgan fingerprint density at radius 2 is 2.20 bits per heavy atom. The fourth-order valence-electron chi connectivity index (χ4n) is 0.577. The predicted molar refractivity (Wildman–Crippen MR) is 40.1 cm³/mol. The van der Waals surface area contributed by atoms with Gasteiger partial charge in [0.15, 0.2) is 0 Å². The molecular formula is C4H5BrN4O. The van der Waals surface area contributed by atoms with E-state index in [1.54, 1.807) is 0 Å². The summed E-state index contributed by atoms with van der Waals surface area (Å²) in [6, 6.07) is 0. The topological polar surface area (TPSA) is 98.5 Å². The third-order valence-corrected chi connectivity index (χ3v) is 1.60. The first-order chi connectivity index (χ1) is 4.63. The Kier molecular flexibility index (Phi) is 1.62. The average Bonchev–Trinajstić information content (AvgIpc) is 2.11. The van der Waals surface area contributed by atoms with Crippen molar-refractivity contribution in [3.63, 3.8) is 0 Å². The number of halogens is 1. The van der Waals surface area contributed by atoms with Crippen molar-refractivity contribution in [2.45, 2.75) is 0 Å². The van der Waals surface area contributed by atoms with Crippen molar-refractivity contribution in [3.05, 3.63) is 20.5 Å². The van der Waals surface area contributed by atoms with Gasteiger partial charge in [-0.25, -0.2) is 0 Å². The minimum Gasteiger partial charge on any atom is -0.383 e. The van der Waals surface area contributed by atoms with Crippen molar-refractivity contribution in [1.29, 1.82) is 5.41 Å². The Morgan fingerprint density at radius 1 is 1.60 bits per heavy atom. The smallest absolute Gasteiger partial charge is 0.276 e. The molecule has 1 aromatic heterocycles. The van der Waals surface area contributed by atoms with Gasteiger partial charge in [0.05, 0.1) is 0 Å².